The molecule has 0 bridgehead atoms. The van der Waals surface area contributed by atoms with Crippen molar-refractivity contribution in [1.82, 2.24) is 9.88 Å². The molecule has 1 aliphatic heterocycles. The Hall–Kier alpha value is -1.62. The Morgan fingerprint density at radius 1 is 1.67 bits per heavy atom. The molecule has 1 amide bonds. The predicted molar refractivity (Wildman–Crippen MR) is 69.2 cm³/mol. The maximum absolute atomic E-state index is 12.3. The van der Waals surface area contributed by atoms with Crippen LogP contribution >= 0.6 is 0 Å². The van der Waals surface area contributed by atoms with Gasteiger partial charge in [0.2, 0.25) is 0 Å². The minimum absolute atomic E-state index is 0.0323. The number of nitrogens with two attached hydrogens (primary N) is 1. The predicted octanol–water partition coefficient (Wildman–Crippen LogP) is 1.16. The second-order valence-electron chi connectivity index (χ2n) is 4.68. The van der Waals surface area contributed by atoms with Crippen molar-refractivity contribution in [1.29, 1.82) is 0 Å². The molecule has 18 heavy (non-hydrogen) atoms. The lowest BCUT2D eigenvalue weighted by molar-refractivity contribution is 0.0571. The summed E-state index contributed by atoms with van der Waals surface area (Å²) in [6.45, 7) is 2.28. The fourth-order valence-corrected chi connectivity index (χ4v) is 2.39. The normalized spacial score (nSPS) is 19.8. The Balaban J connectivity index is 2.04. The molecule has 0 saturated carbocycles. The van der Waals surface area contributed by atoms with Gasteiger partial charge in [-0.2, -0.15) is 0 Å². The number of amides is 1. The third-order valence-corrected chi connectivity index (χ3v) is 3.24. The average Bonchev–Trinajstić information content (AvgIpc) is 2.39. The molecular weight excluding hydrogens is 230 g/mol. The van der Waals surface area contributed by atoms with E-state index in [0.717, 1.165) is 25.9 Å². The molecule has 5 heteroatoms. The van der Waals surface area contributed by atoms with Gasteiger partial charge in [0.25, 0.3) is 5.91 Å². The van der Waals surface area contributed by atoms with Gasteiger partial charge in [0, 0.05) is 32.0 Å². The summed E-state index contributed by atoms with van der Waals surface area (Å²) in [6.07, 6.45) is 3.72. The van der Waals surface area contributed by atoms with Gasteiger partial charge < -0.3 is 15.4 Å². The number of carbonyl (C=O) groups excluding carboxylic acids is 1. The van der Waals surface area contributed by atoms with E-state index in [0.29, 0.717) is 23.9 Å². The summed E-state index contributed by atoms with van der Waals surface area (Å²) >= 11 is 0. The van der Waals surface area contributed by atoms with Gasteiger partial charge in [0.1, 0.15) is 5.82 Å². The van der Waals surface area contributed by atoms with Crippen molar-refractivity contribution in [2.24, 2.45) is 5.92 Å². The Labute approximate surface area is 107 Å². The maximum Gasteiger partial charge on any atom is 0.254 e. The van der Waals surface area contributed by atoms with E-state index in [-0.39, 0.29) is 5.91 Å². The van der Waals surface area contributed by atoms with Crippen molar-refractivity contribution >= 4 is 11.7 Å². The number of likely N-dealkylation sites (tertiary alicyclic amines) is 1. The molecule has 1 aromatic heterocycles. The Kier molecular flexibility index (Phi) is 4.15. The number of piperidine rings is 1. The van der Waals surface area contributed by atoms with Crippen LogP contribution in [0.25, 0.3) is 0 Å². The largest absolute Gasteiger partial charge is 0.384 e. The number of methoxy groups -OCH3 is 1. The van der Waals surface area contributed by atoms with Crippen molar-refractivity contribution in [3.8, 4) is 0 Å². The molecular formula is C13H19N3O2. The monoisotopic (exact) mass is 249 g/mol. The SMILES string of the molecule is COCC1CCCN(C(=O)c2ccnc(N)c2)C1. The number of nitrogens with zero attached hydrogens (tertiary/aromatic N) is 2. The van der Waals surface area contributed by atoms with Crippen molar-refractivity contribution in [3.63, 3.8) is 0 Å². The third-order valence-electron chi connectivity index (χ3n) is 3.24. The highest BCUT2D eigenvalue weighted by Crippen LogP contribution is 2.19. The highest BCUT2D eigenvalue weighted by Gasteiger charge is 2.24. The van der Waals surface area contributed by atoms with Crippen LogP contribution in [-0.4, -0.2) is 42.6 Å². The lowest BCUT2D eigenvalue weighted by Crippen LogP contribution is -2.41. The third kappa shape index (κ3) is 2.98. The Bertz CT molecular complexity index is 420. The van der Waals surface area contributed by atoms with Crippen LogP contribution < -0.4 is 5.73 Å². The van der Waals surface area contributed by atoms with Crippen LogP contribution in [0.4, 0.5) is 5.82 Å². The van der Waals surface area contributed by atoms with Crippen molar-refractivity contribution in [2.45, 2.75) is 12.8 Å². The number of ether oxygens (including phenoxy) is 1. The summed E-state index contributed by atoms with van der Waals surface area (Å²) in [5.41, 5.74) is 6.21. The molecule has 0 aliphatic carbocycles. The van der Waals surface area contributed by atoms with E-state index in [2.05, 4.69) is 4.98 Å². The quantitative estimate of drug-likeness (QED) is 0.873. The molecule has 0 aromatic carbocycles. The molecule has 0 spiro atoms. The molecule has 5 nitrogen and oxygen atoms in total. The van der Waals surface area contributed by atoms with Gasteiger partial charge in [-0.1, -0.05) is 0 Å². The molecule has 2 N–H and O–H groups in total. The van der Waals surface area contributed by atoms with Crippen LogP contribution in [0.15, 0.2) is 18.3 Å². The van der Waals surface area contributed by atoms with E-state index in [1.54, 1.807) is 25.4 Å². The zero-order chi connectivity index (χ0) is 13.0. The van der Waals surface area contributed by atoms with Gasteiger partial charge >= 0.3 is 0 Å². The summed E-state index contributed by atoms with van der Waals surface area (Å²) in [5, 5.41) is 0. The molecule has 1 saturated heterocycles. The van der Waals surface area contributed by atoms with Crippen LogP contribution in [0.3, 0.4) is 0 Å². The summed E-state index contributed by atoms with van der Waals surface area (Å²) in [5.74, 6) is 0.850. The topological polar surface area (TPSA) is 68.5 Å². The van der Waals surface area contributed by atoms with E-state index in [9.17, 15) is 4.79 Å². The highest BCUT2D eigenvalue weighted by molar-refractivity contribution is 5.94. The van der Waals surface area contributed by atoms with Gasteiger partial charge in [-0.3, -0.25) is 4.79 Å². The number of pyridine rings is 1. The highest BCUT2D eigenvalue weighted by atomic mass is 16.5. The van der Waals surface area contributed by atoms with Gasteiger partial charge in [0.15, 0.2) is 0 Å². The van der Waals surface area contributed by atoms with Gasteiger partial charge in [-0.05, 0) is 30.9 Å². The second kappa shape index (κ2) is 5.82. The van der Waals surface area contributed by atoms with Crippen molar-refractivity contribution in [2.75, 3.05) is 32.5 Å². The lowest BCUT2D eigenvalue weighted by atomic mass is 9.98. The minimum atomic E-state index is 0.0323. The van der Waals surface area contributed by atoms with Crippen LogP contribution in [0.2, 0.25) is 0 Å². The number of nitrogen functional groups attached to an aromatic ring is 1. The van der Waals surface area contributed by atoms with E-state index < -0.39 is 0 Å². The molecule has 1 atom stereocenters. The maximum atomic E-state index is 12.3. The Morgan fingerprint density at radius 2 is 2.50 bits per heavy atom. The fraction of sp³-hybridized carbons (Fsp3) is 0.538. The second-order valence-corrected chi connectivity index (χ2v) is 4.68. The van der Waals surface area contributed by atoms with Crippen LogP contribution in [-0.2, 0) is 4.74 Å². The van der Waals surface area contributed by atoms with Crippen LogP contribution in [0.1, 0.15) is 23.2 Å². The number of anilines is 1. The first-order valence-corrected chi connectivity index (χ1v) is 6.20. The van der Waals surface area contributed by atoms with Gasteiger partial charge in [0.05, 0.1) is 6.61 Å². The fourth-order valence-electron chi connectivity index (χ4n) is 2.39. The molecule has 2 heterocycles. The molecule has 0 radical (unpaired) electrons. The average molecular weight is 249 g/mol. The van der Waals surface area contributed by atoms with E-state index in [1.807, 2.05) is 4.90 Å². The molecule has 1 unspecified atom stereocenters. The first kappa shape index (κ1) is 12.8. The zero-order valence-corrected chi connectivity index (χ0v) is 10.6. The molecule has 2 rings (SSSR count). The van der Waals surface area contributed by atoms with Crippen molar-refractivity contribution in [3.05, 3.63) is 23.9 Å². The zero-order valence-electron chi connectivity index (χ0n) is 10.6. The summed E-state index contributed by atoms with van der Waals surface area (Å²) in [6, 6.07) is 3.33. The molecule has 98 valence electrons. The van der Waals surface area contributed by atoms with Gasteiger partial charge in [-0.15, -0.1) is 0 Å². The lowest BCUT2D eigenvalue weighted by Gasteiger charge is -2.32. The summed E-state index contributed by atoms with van der Waals surface area (Å²) < 4.78 is 5.17. The number of aromatic nitrogens is 1. The first-order valence-electron chi connectivity index (χ1n) is 6.20. The van der Waals surface area contributed by atoms with E-state index in [4.69, 9.17) is 10.5 Å². The van der Waals surface area contributed by atoms with Crippen LogP contribution in [0.5, 0.6) is 0 Å². The minimum Gasteiger partial charge on any atom is -0.384 e. The van der Waals surface area contributed by atoms with Gasteiger partial charge in [-0.25, -0.2) is 4.98 Å². The standard InChI is InChI=1S/C13H19N3O2/c1-18-9-10-3-2-6-16(8-10)13(17)11-4-5-15-12(14)7-11/h4-5,7,10H,2-3,6,8-9H2,1H3,(H2,14,15). The number of carbonyl (C=O) groups is 1. The van der Waals surface area contributed by atoms with E-state index in [1.165, 1.54) is 0 Å². The molecule has 1 aromatic rings. The number of hydrogen-bond acceptors (Lipinski definition) is 4. The number of hydrogen-bond donors (Lipinski definition) is 1. The van der Waals surface area contributed by atoms with Crippen LogP contribution in [0, 0.1) is 5.92 Å². The number of rotatable bonds is 3. The smallest absolute Gasteiger partial charge is 0.254 e. The molecule has 1 fully saturated rings. The summed E-state index contributed by atoms with van der Waals surface area (Å²) in [4.78, 5) is 18.1. The summed E-state index contributed by atoms with van der Waals surface area (Å²) in [7, 11) is 1.70. The first-order chi connectivity index (χ1) is 8.70. The van der Waals surface area contributed by atoms with Crippen molar-refractivity contribution < 1.29 is 9.53 Å². The van der Waals surface area contributed by atoms with E-state index >= 15 is 0 Å². The Morgan fingerprint density at radius 3 is 3.22 bits per heavy atom. The molecule has 1 aliphatic rings.